The van der Waals surface area contributed by atoms with Crippen LogP contribution in [0.1, 0.15) is 0 Å². The van der Waals surface area contributed by atoms with Crippen LogP contribution in [0.5, 0.6) is 0 Å². The standard InChI is InChI=1S/C4H9O3.Cr.H2O/c5-1-4(2-6)3-7;;/h5-7H,1-3H2;;1H2/q;+1;/p-1. The normalized spacial score (nSPS) is 12.0. The minimum absolute atomic E-state index is 0.378. The summed E-state index contributed by atoms with van der Waals surface area (Å²) in [5.74, 6) is 0. The Bertz CT molecular complexity index is 55.5. The van der Waals surface area contributed by atoms with Crippen LogP contribution in [0.4, 0.5) is 0 Å². The van der Waals surface area contributed by atoms with E-state index in [1.165, 1.54) is 0 Å². The Kier molecular flexibility index (Phi) is 4.40. The van der Waals surface area contributed by atoms with E-state index in [9.17, 15) is 0 Å². The van der Waals surface area contributed by atoms with Gasteiger partial charge in [0.1, 0.15) is 0 Å². The van der Waals surface area contributed by atoms with Gasteiger partial charge < -0.3 is 0 Å². The van der Waals surface area contributed by atoms with Crippen LogP contribution in [0.15, 0.2) is 0 Å². The molecule has 0 unspecified atom stereocenters. The van der Waals surface area contributed by atoms with Gasteiger partial charge in [-0.3, -0.25) is 0 Å². The van der Waals surface area contributed by atoms with Gasteiger partial charge in [0.05, 0.1) is 0 Å². The summed E-state index contributed by atoms with van der Waals surface area (Å²) in [4.78, 5) is 0. The predicted molar refractivity (Wildman–Crippen MR) is 26.2 cm³/mol. The molecule has 0 aromatic heterocycles. The van der Waals surface area contributed by atoms with E-state index in [4.69, 9.17) is 19.5 Å². The van der Waals surface area contributed by atoms with Gasteiger partial charge in [-0.05, 0) is 0 Å². The van der Waals surface area contributed by atoms with E-state index in [0.717, 1.165) is 0 Å². The Morgan fingerprint density at radius 2 is 1.33 bits per heavy atom. The summed E-state index contributed by atoms with van der Waals surface area (Å²) in [5, 5.41) is 25.5. The first-order chi connectivity index (χ1) is 4.24. The van der Waals surface area contributed by atoms with Crippen molar-refractivity contribution in [2.24, 2.45) is 0 Å². The van der Waals surface area contributed by atoms with Gasteiger partial charge >= 0.3 is 59.1 Å². The first kappa shape index (κ1) is 9.37. The van der Waals surface area contributed by atoms with E-state index in [1.54, 1.807) is 0 Å². The molecule has 0 aliphatic rings. The topological polar surface area (TPSA) is 80.9 Å². The van der Waals surface area contributed by atoms with Crippen molar-refractivity contribution in [3.05, 3.63) is 0 Å². The summed E-state index contributed by atoms with van der Waals surface area (Å²) in [5.41, 5.74) is 0. The number of rotatable bonds is 4. The monoisotopic (exact) mass is 174 g/mol. The Balaban J connectivity index is 3.82. The first-order valence-corrected chi connectivity index (χ1v) is 3.60. The van der Waals surface area contributed by atoms with Crippen molar-refractivity contribution in [1.29, 1.82) is 0 Å². The second kappa shape index (κ2) is 4.23. The third kappa shape index (κ3) is 2.22. The van der Waals surface area contributed by atoms with Crippen molar-refractivity contribution in [1.82, 2.24) is 0 Å². The molecule has 0 aromatic carbocycles. The van der Waals surface area contributed by atoms with Crippen LogP contribution in [0, 0.1) is 0 Å². The molecule has 4 N–H and O–H groups in total. The Morgan fingerprint density at radius 3 is 1.33 bits per heavy atom. The fraction of sp³-hybridized carbons (Fsp3) is 1.00. The van der Waals surface area contributed by atoms with E-state index < -0.39 is 19.8 Å². The molecule has 4 nitrogen and oxygen atoms in total. The van der Waals surface area contributed by atoms with Gasteiger partial charge in [-0.25, -0.2) is 0 Å². The number of aliphatic hydroxyl groups is 3. The quantitative estimate of drug-likeness (QED) is 0.402. The van der Waals surface area contributed by atoms with Crippen LogP contribution in [-0.4, -0.2) is 39.3 Å². The molecule has 0 saturated heterocycles. The SMILES string of the molecule is OC[C](CO)(CO)[Cr][OH]. The number of hydrogen-bond donors (Lipinski definition) is 4. The van der Waals surface area contributed by atoms with Gasteiger partial charge in [-0.1, -0.05) is 0 Å². The van der Waals surface area contributed by atoms with E-state index in [-0.39, 0.29) is 19.8 Å². The van der Waals surface area contributed by atoms with Crippen molar-refractivity contribution >= 4 is 0 Å². The molecule has 0 aliphatic heterocycles. The average molecular weight is 174 g/mol. The first-order valence-electron chi connectivity index (χ1n) is 2.40. The van der Waals surface area contributed by atoms with Gasteiger partial charge in [0.2, 0.25) is 0 Å². The van der Waals surface area contributed by atoms with Crippen LogP contribution in [0.3, 0.4) is 0 Å². The van der Waals surface area contributed by atoms with Crippen molar-refractivity contribution in [2.75, 3.05) is 19.8 Å². The number of hydrogen-bond acceptors (Lipinski definition) is 4. The zero-order valence-electron chi connectivity index (χ0n) is 4.82. The molecule has 0 amide bonds. The molecule has 0 radical (unpaired) electrons. The van der Waals surface area contributed by atoms with Crippen molar-refractivity contribution < 1.29 is 35.0 Å². The zero-order valence-corrected chi connectivity index (χ0v) is 6.09. The van der Waals surface area contributed by atoms with E-state index in [0.29, 0.717) is 0 Å². The molecular formula is C4H10CrO4. The molecule has 0 bridgehead atoms. The third-order valence-corrected chi connectivity index (χ3v) is 2.27. The van der Waals surface area contributed by atoms with Gasteiger partial charge in [-0.2, -0.15) is 0 Å². The molecule has 0 fully saturated rings. The molecule has 0 spiro atoms. The van der Waals surface area contributed by atoms with Crippen LogP contribution in [0.2, 0.25) is 4.28 Å². The summed E-state index contributed by atoms with van der Waals surface area (Å²) in [7, 11) is 0. The molecule has 0 aliphatic carbocycles. The summed E-state index contributed by atoms with van der Waals surface area (Å²) in [6, 6.07) is 0. The van der Waals surface area contributed by atoms with Gasteiger partial charge in [0, 0.05) is 0 Å². The molecule has 0 saturated carbocycles. The average Bonchev–Trinajstić information content (AvgIpc) is 1.95. The van der Waals surface area contributed by atoms with Crippen molar-refractivity contribution in [2.45, 2.75) is 4.28 Å². The van der Waals surface area contributed by atoms with Crippen LogP contribution in [-0.2, 0) is 15.6 Å². The zero-order chi connectivity index (χ0) is 7.33. The fourth-order valence-electron chi connectivity index (χ4n) is 0.237. The third-order valence-electron chi connectivity index (χ3n) is 1.06. The molecular weight excluding hydrogens is 164 g/mol. The molecule has 5 heteroatoms. The van der Waals surface area contributed by atoms with Crippen molar-refractivity contribution in [3.8, 4) is 0 Å². The maximum absolute atomic E-state index is 8.56. The minimum atomic E-state index is -1.05. The molecule has 0 atom stereocenters. The molecule has 9 heavy (non-hydrogen) atoms. The van der Waals surface area contributed by atoms with Crippen LogP contribution >= 0.6 is 0 Å². The second-order valence-corrected chi connectivity index (χ2v) is 3.39. The maximum atomic E-state index is 8.56. The summed E-state index contributed by atoms with van der Waals surface area (Å²) in [6.07, 6.45) is 0. The van der Waals surface area contributed by atoms with Gasteiger partial charge in [0.25, 0.3) is 0 Å². The Morgan fingerprint density at radius 1 is 1.00 bits per heavy atom. The molecule has 0 heterocycles. The summed E-state index contributed by atoms with van der Waals surface area (Å²) < 4.78 is 7.51. The Labute approximate surface area is 59.8 Å². The van der Waals surface area contributed by atoms with Crippen molar-refractivity contribution in [3.63, 3.8) is 0 Å². The van der Waals surface area contributed by atoms with Crippen LogP contribution < -0.4 is 0 Å². The molecule has 56 valence electrons. The van der Waals surface area contributed by atoms with Gasteiger partial charge in [-0.15, -0.1) is 0 Å². The molecule has 0 rings (SSSR count). The predicted octanol–water partition coefficient (Wildman–Crippen LogP) is -1.89. The number of aliphatic hydroxyl groups excluding tert-OH is 3. The summed E-state index contributed by atoms with van der Waals surface area (Å²) in [6.45, 7) is -1.14. The second-order valence-electron chi connectivity index (χ2n) is 1.75. The van der Waals surface area contributed by atoms with E-state index >= 15 is 0 Å². The summed E-state index contributed by atoms with van der Waals surface area (Å²) >= 11 is -0.911. The van der Waals surface area contributed by atoms with E-state index in [2.05, 4.69) is 0 Å². The molecule has 0 aromatic rings. The Hall–Kier alpha value is 0.372. The van der Waals surface area contributed by atoms with Gasteiger partial charge in [0.15, 0.2) is 0 Å². The van der Waals surface area contributed by atoms with Crippen LogP contribution in [0.25, 0.3) is 0 Å². The van der Waals surface area contributed by atoms with E-state index in [1.807, 2.05) is 0 Å². The fourth-order valence-corrected chi connectivity index (χ4v) is 0.507.